The Morgan fingerprint density at radius 1 is 1.26 bits per heavy atom. The summed E-state index contributed by atoms with van der Waals surface area (Å²) >= 11 is 3.29. The first-order chi connectivity index (χ1) is 9.18. The second-order valence-electron chi connectivity index (χ2n) is 3.86. The maximum atomic E-state index is 12.4. The van der Waals surface area contributed by atoms with Crippen LogP contribution < -0.4 is 5.73 Å². The van der Waals surface area contributed by atoms with Crippen molar-refractivity contribution in [2.24, 2.45) is 0 Å². The van der Waals surface area contributed by atoms with Crippen LogP contribution in [-0.4, -0.2) is 25.4 Å². The predicted molar refractivity (Wildman–Crippen MR) is 72.8 cm³/mol. The molecule has 0 aliphatic carbocycles. The quantitative estimate of drug-likeness (QED) is 0.727. The Labute approximate surface area is 116 Å². The Morgan fingerprint density at radius 2 is 2.05 bits per heavy atom. The number of rotatable bonds is 2. The van der Waals surface area contributed by atoms with Crippen LogP contribution >= 0.6 is 15.9 Å². The highest BCUT2D eigenvalue weighted by Gasteiger charge is 2.20. The number of nitrogens with two attached hydrogens (primary N) is 1. The van der Waals surface area contributed by atoms with Crippen molar-refractivity contribution in [1.29, 1.82) is 0 Å². The van der Waals surface area contributed by atoms with E-state index in [1.54, 1.807) is 30.7 Å². The average Bonchev–Trinajstić information content (AvgIpc) is 2.77. The van der Waals surface area contributed by atoms with Crippen molar-refractivity contribution in [2.75, 3.05) is 5.73 Å². The zero-order valence-corrected chi connectivity index (χ0v) is 11.2. The number of pyridine rings is 1. The van der Waals surface area contributed by atoms with Crippen LogP contribution in [-0.2, 0) is 0 Å². The molecule has 0 atom stereocenters. The molecule has 3 heterocycles. The summed E-state index contributed by atoms with van der Waals surface area (Å²) in [6.07, 6.45) is 6.21. The Balaban J connectivity index is 2.17. The van der Waals surface area contributed by atoms with E-state index in [4.69, 9.17) is 5.73 Å². The van der Waals surface area contributed by atoms with Crippen molar-refractivity contribution in [1.82, 2.24) is 19.6 Å². The van der Waals surface area contributed by atoms with Crippen molar-refractivity contribution in [3.8, 4) is 0 Å². The van der Waals surface area contributed by atoms with Crippen molar-refractivity contribution in [2.45, 2.75) is 0 Å². The van der Waals surface area contributed by atoms with Crippen LogP contribution in [0.5, 0.6) is 0 Å². The topological polar surface area (TPSA) is 86.2 Å². The van der Waals surface area contributed by atoms with E-state index in [1.807, 2.05) is 0 Å². The highest BCUT2D eigenvalue weighted by Crippen LogP contribution is 2.23. The highest BCUT2D eigenvalue weighted by atomic mass is 79.9. The van der Waals surface area contributed by atoms with Gasteiger partial charge < -0.3 is 5.73 Å². The van der Waals surface area contributed by atoms with Crippen molar-refractivity contribution >= 4 is 32.9 Å². The van der Waals surface area contributed by atoms with Crippen LogP contribution in [0.25, 0.3) is 5.52 Å². The summed E-state index contributed by atoms with van der Waals surface area (Å²) in [6, 6.07) is 3.33. The van der Waals surface area contributed by atoms with Gasteiger partial charge in [-0.05, 0) is 28.1 Å². The minimum absolute atomic E-state index is 0.208. The molecule has 0 aromatic carbocycles. The van der Waals surface area contributed by atoms with Gasteiger partial charge in [-0.3, -0.25) is 9.78 Å². The largest absolute Gasteiger partial charge is 0.395 e. The molecule has 0 saturated heterocycles. The number of carbonyl (C=O) groups excluding carboxylic acids is 1. The second kappa shape index (κ2) is 4.43. The second-order valence-corrected chi connectivity index (χ2v) is 4.71. The minimum Gasteiger partial charge on any atom is -0.395 e. The van der Waals surface area contributed by atoms with E-state index < -0.39 is 0 Å². The molecule has 3 aromatic heterocycles. The maximum Gasteiger partial charge on any atom is 0.216 e. The zero-order chi connectivity index (χ0) is 13.4. The number of hydrogen-bond acceptors (Lipinski definition) is 5. The zero-order valence-electron chi connectivity index (χ0n) is 9.62. The Bertz CT molecular complexity index is 783. The van der Waals surface area contributed by atoms with E-state index in [1.165, 1.54) is 10.8 Å². The summed E-state index contributed by atoms with van der Waals surface area (Å²) in [5.74, 6) is -0.254. The van der Waals surface area contributed by atoms with Crippen LogP contribution in [0.1, 0.15) is 16.1 Å². The highest BCUT2D eigenvalue weighted by molar-refractivity contribution is 9.10. The number of aromatic nitrogens is 4. The lowest BCUT2D eigenvalue weighted by Gasteiger charge is -2.00. The summed E-state index contributed by atoms with van der Waals surface area (Å²) in [7, 11) is 0. The number of nitrogens with zero attached hydrogens (tertiary/aromatic N) is 4. The van der Waals surface area contributed by atoms with Gasteiger partial charge >= 0.3 is 0 Å². The fraction of sp³-hybridized carbons (Fsp3) is 0. The van der Waals surface area contributed by atoms with Gasteiger partial charge in [0.15, 0.2) is 5.69 Å². The summed E-state index contributed by atoms with van der Waals surface area (Å²) in [4.78, 5) is 20.3. The van der Waals surface area contributed by atoms with Gasteiger partial charge in [0, 0.05) is 28.6 Å². The molecule has 0 aliphatic heterocycles. The molecule has 7 heteroatoms. The average molecular weight is 318 g/mol. The standard InChI is InChI=1S/C12H8BrN5O/c13-8-5-15-3-1-7(8)12(19)11-10(14)9-2-4-16-6-18(9)17-11/h1-6H,14H2. The fourth-order valence-electron chi connectivity index (χ4n) is 1.78. The van der Waals surface area contributed by atoms with E-state index in [9.17, 15) is 4.79 Å². The fourth-order valence-corrected chi connectivity index (χ4v) is 2.21. The smallest absolute Gasteiger partial charge is 0.216 e. The number of hydrogen-bond donors (Lipinski definition) is 1. The monoisotopic (exact) mass is 317 g/mol. The first-order valence-corrected chi connectivity index (χ1v) is 6.20. The summed E-state index contributed by atoms with van der Waals surface area (Å²) in [6.45, 7) is 0. The molecular weight excluding hydrogens is 310 g/mol. The number of halogens is 1. The summed E-state index contributed by atoms with van der Waals surface area (Å²) < 4.78 is 2.09. The lowest BCUT2D eigenvalue weighted by molar-refractivity contribution is 0.103. The number of fused-ring (bicyclic) bond motifs is 1. The van der Waals surface area contributed by atoms with Crippen molar-refractivity contribution in [3.63, 3.8) is 0 Å². The van der Waals surface area contributed by atoms with E-state index in [2.05, 4.69) is 31.0 Å². The summed E-state index contributed by atoms with van der Waals surface area (Å²) in [5.41, 5.74) is 7.64. The molecule has 0 spiro atoms. The molecule has 94 valence electrons. The van der Waals surface area contributed by atoms with Crippen molar-refractivity contribution in [3.05, 3.63) is 52.8 Å². The van der Waals surface area contributed by atoms with E-state index in [0.29, 0.717) is 21.2 Å². The van der Waals surface area contributed by atoms with E-state index >= 15 is 0 Å². The van der Waals surface area contributed by atoms with Crippen LogP contribution in [0.15, 0.2) is 41.5 Å². The van der Waals surface area contributed by atoms with Gasteiger partial charge in [0.05, 0.1) is 11.2 Å². The Hall–Kier alpha value is -2.28. The molecule has 0 unspecified atom stereocenters. The van der Waals surface area contributed by atoms with Gasteiger partial charge in [-0.1, -0.05) is 0 Å². The molecule has 3 aromatic rings. The molecular formula is C12H8BrN5O. The third kappa shape index (κ3) is 1.88. The number of nitrogen functional groups attached to an aromatic ring is 1. The minimum atomic E-state index is -0.254. The first-order valence-electron chi connectivity index (χ1n) is 5.40. The molecule has 3 rings (SSSR count). The van der Waals surface area contributed by atoms with E-state index in [-0.39, 0.29) is 11.5 Å². The third-order valence-electron chi connectivity index (χ3n) is 2.71. The van der Waals surface area contributed by atoms with Gasteiger partial charge in [-0.25, -0.2) is 9.50 Å². The number of anilines is 1. The lowest BCUT2D eigenvalue weighted by Crippen LogP contribution is -2.06. The van der Waals surface area contributed by atoms with Gasteiger partial charge in [0.1, 0.15) is 6.33 Å². The molecule has 0 aliphatic rings. The molecule has 0 bridgehead atoms. The molecule has 0 amide bonds. The third-order valence-corrected chi connectivity index (χ3v) is 3.34. The molecule has 19 heavy (non-hydrogen) atoms. The molecule has 6 nitrogen and oxygen atoms in total. The maximum absolute atomic E-state index is 12.4. The number of carbonyl (C=O) groups is 1. The van der Waals surface area contributed by atoms with Crippen LogP contribution in [0.2, 0.25) is 0 Å². The van der Waals surface area contributed by atoms with Gasteiger partial charge in [0.25, 0.3) is 0 Å². The summed E-state index contributed by atoms with van der Waals surface area (Å²) in [5, 5.41) is 4.17. The number of ketones is 1. The van der Waals surface area contributed by atoms with Crippen LogP contribution in [0.3, 0.4) is 0 Å². The van der Waals surface area contributed by atoms with Crippen LogP contribution in [0, 0.1) is 0 Å². The Morgan fingerprint density at radius 3 is 2.79 bits per heavy atom. The normalized spacial score (nSPS) is 10.8. The van der Waals surface area contributed by atoms with Crippen molar-refractivity contribution < 1.29 is 4.79 Å². The lowest BCUT2D eigenvalue weighted by atomic mass is 10.1. The SMILES string of the molecule is Nc1c(C(=O)c2ccncc2Br)nn2cnccc12. The van der Waals surface area contributed by atoms with Crippen LogP contribution in [0.4, 0.5) is 5.69 Å². The molecule has 0 fully saturated rings. The van der Waals surface area contributed by atoms with E-state index in [0.717, 1.165) is 0 Å². The van der Waals surface area contributed by atoms with Gasteiger partial charge in [0.2, 0.25) is 5.78 Å². The van der Waals surface area contributed by atoms with Gasteiger partial charge in [-0.15, -0.1) is 0 Å². The molecule has 2 N–H and O–H groups in total. The predicted octanol–water partition coefficient (Wildman–Crippen LogP) is 1.70. The first kappa shape index (κ1) is 11.8. The Kier molecular flexibility index (Phi) is 2.75. The van der Waals surface area contributed by atoms with Gasteiger partial charge in [-0.2, -0.15) is 5.10 Å². The molecule has 0 saturated carbocycles. The molecule has 0 radical (unpaired) electrons.